The predicted molar refractivity (Wildman–Crippen MR) is 153 cm³/mol. The number of amides is 2. The summed E-state index contributed by atoms with van der Waals surface area (Å²) in [5, 5.41) is 2.83. The van der Waals surface area contributed by atoms with Gasteiger partial charge in [-0.15, -0.1) is 0 Å². The van der Waals surface area contributed by atoms with Crippen molar-refractivity contribution in [1.29, 1.82) is 0 Å². The van der Waals surface area contributed by atoms with Crippen LogP contribution in [0.5, 0.6) is 0 Å². The first-order valence-corrected chi connectivity index (χ1v) is 14.8. The summed E-state index contributed by atoms with van der Waals surface area (Å²) in [6.45, 7) is 2.72. The van der Waals surface area contributed by atoms with Crippen molar-refractivity contribution < 1.29 is 27.2 Å². The van der Waals surface area contributed by atoms with Gasteiger partial charge >= 0.3 is 0 Å². The van der Waals surface area contributed by atoms with E-state index >= 15 is 0 Å². The molecule has 3 aromatic carbocycles. The molecule has 0 heterocycles. The van der Waals surface area contributed by atoms with Crippen LogP contribution in [0.15, 0.2) is 78.9 Å². The molecule has 0 aromatic heterocycles. The first-order chi connectivity index (χ1) is 19.0. The minimum Gasteiger partial charge on any atom is -0.354 e. The van der Waals surface area contributed by atoms with Crippen molar-refractivity contribution in [3.05, 3.63) is 101 Å². The van der Waals surface area contributed by atoms with E-state index in [-0.39, 0.29) is 35.6 Å². The monoisotopic (exact) mass is 567 g/mol. The highest BCUT2D eigenvalue weighted by Crippen LogP contribution is 2.22. The summed E-state index contributed by atoms with van der Waals surface area (Å²) in [4.78, 5) is 40.6. The van der Waals surface area contributed by atoms with E-state index in [9.17, 15) is 27.2 Å². The van der Waals surface area contributed by atoms with Crippen LogP contribution in [0.2, 0.25) is 0 Å². The van der Waals surface area contributed by atoms with E-state index in [4.69, 9.17) is 0 Å². The van der Waals surface area contributed by atoms with Crippen LogP contribution in [0.4, 0.5) is 10.1 Å². The zero-order valence-electron chi connectivity index (χ0n) is 22.8. The van der Waals surface area contributed by atoms with E-state index in [1.807, 2.05) is 37.3 Å². The van der Waals surface area contributed by atoms with E-state index < -0.39 is 40.2 Å². The van der Waals surface area contributed by atoms with Crippen LogP contribution >= 0.6 is 0 Å². The molecule has 0 saturated carbocycles. The van der Waals surface area contributed by atoms with Crippen molar-refractivity contribution in [2.45, 2.75) is 39.3 Å². The van der Waals surface area contributed by atoms with Gasteiger partial charge in [0.25, 0.3) is 0 Å². The van der Waals surface area contributed by atoms with Crippen molar-refractivity contribution in [2.75, 3.05) is 23.7 Å². The Balaban J connectivity index is 2.07. The molecule has 0 aliphatic rings. The average Bonchev–Trinajstić information content (AvgIpc) is 2.93. The van der Waals surface area contributed by atoms with Crippen LogP contribution in [0.1, 0.15) is 41.8 Å². The fourth-order valence-electron chi connectivity index (χ4n) is 4.22. The maximum atomic E-state index is 14.8. The number of carbonyl (C=O) groups is 3. The molecule has 0 aliphatic heterocycles. The second-order valence-electron chi connectivity index (χ2n) is 9.49. The first kappa shape index (κ1) is 30.5. The van der Waals surface area contributed by atoms with Gasteiger partial charge in [-0.25, -0.2) is 12.8 Å². The fraction of sp³-hybridized carbons (Fsp3) is 0.300. The van der Waals surface area contributed by atoms with Gasteiger partial charge in [0, 0.05) is 30.6 Å². The summed E-state index contributed by atoms with van der Waals surface area (Å²) in [5.41, 5.74) is 1.37. The van der Waals surface area contributed by atoms with Crippen molar-refractivity contribution >= 4 is 33.3 Å². The third kappa shape index (κ3) is 8.22. The van der Waals surface area contributed by atoms with Crippen LogP contribution in [0.25, 0.3) is 0 Å². The van der Waals surface area contributed by atoms with Gasteiger partial charge in [-0.05, 0) is 37.1 Å². The quantitative estimate of drug-likeness (QED) is 0.315. The summed E-state index contributed by atoms with van der Waals surface area (Å²) >= 11 is 0. The number of nitrogens with one attached hydrogen (secondary N) is 1. The molecule has 0 bridgehead atoms. The highest BCUT2D eigenvalue weighted by atomic mass is 32.2. The third-order valence-electron chi connectivity index (χ3n) is 6.34. The number of rotatable bonds is 13. The number of sulfonamides is 1. The summed E-state index contributed by atoms with van der Waals surface area (Å²) < 4.78 is 41.4. The lowest BCUT2D eigenvalue weighted by Gasteiger charge is -2.33. The van der Waals surface area contributed by atoms with Crippen molar-refractivity contribution in [1.82, 2.24) is 10.2 Å². The molecular weight excluding hydrogens is 533 g/mol. The molecule has 8 nitrogen and oxygen atoms in total. The zero-order valence-corrected chi connectivity index (χ0v) is 23.7. The summed E-state index contributed by atoms with van der Waals surface area (Å²) in [6.07, 6.45) is 1.76. The predicted octanol–water partition coefficient (Wildman–Crippen LogP) is 3.96. The summed E-state index contributed by atoms with van der Waals surface area (Å²) in [7, 11) is -3.99. The number of Topliss-reactive ketones (excluding diaryl/α,β-unsaturated/α-hetero) is 1. The molecule has 1 atom stereocenters. The molecule has 0 saturated heterocycles. The van der Waals surface area contributed by atoms with Crippen molar-refractivity contribution in [2.24, 2.45) is 0 Å². The van der Waals surface area contributed by atoms with Crippen LogP contribution < -0.4 is 9.62 Å². The van der Waals surface area contributed by atoms with Gasteiger partial charge in [0.1, 0.15) is 18.4 Å². The Kier molecular flexibility index (Phi) is 10.6. The van der Waals surface area contributed by atoms with Crippen molar-refractivity contribution in [3.63, 3.8) is 0 Å². The fourth-order valence-corrected chi connectivity index (χ4v) is 5.07. The Morgan fingerprint density at radius 3 is 2.25 bits per heavy atom. The van der Waals surface area contributed by atoms with E-state index in [0.717, 1.165) is 16.1 Å². The number of hydrogen-bond donors (Lipinski definition) is 1. The van der Waals surface area contributed by atoms with Gasteiger partial charge in [-0.2, -0.15) is 0 Å². The second kappa shape index (κ2) is 13.8. The van der Waals surface area contributed by atoms with Gasteiger partial charge in [0.2, 0.25) is 21.8 Å². The Morgan fingerprint density at radius 2 is 1.62 bits per heavy atom. The highest BCUT2D eigenvalue weighted by molar-refractivity contribution is 7.92. The second-order valence-corrected chi connectivity index (χ2v) is 11.4. The standard InChI is InChI=1S/C30H34FN3O5S/c1-4-17-32-30(37)28(18-23-11-6-5-7-12-23)33(20-25-13-8-9-16-27(25)31)29(36)21-34(40(3,38)39)26-15-10-14-24(19-26)22(2)35/h5-16,19,28H,4,17-18,20-21H2,1-3H3,(H,32,37)/t28-/m1/s1. The Morgan fingerprint density at radius 1 is 0.950 bits per heavy atom. The maximum Gasteiger partial charge on any atom is 0.244 e. The number of anilines is 1. The molecule has 0 aliphatic carbocycles. The molecule has 0 spiro atoms. The number of carbonyl (C=O) groups excluding carboxylic acids is 3. The first-order valence-electron chi connectivity index (χ1n) is 12.9. The van der Waals surface area contributed by atoms with Crippen LogP contribution in [0, 0.1) is 5.82 Å². The molecule has 0 unspecified atom stereocenters. The third-order valence-corrected chi connectivity index (χ3v) is 7.48. The van der Waals surface area contributed by atoms with E-state index in [1.165, 1.54) is 48.2 Å². The van der Waals surface area contributed by atoms with E-state index in [2.05, 4.69) is 5.32 Å². The minimum absolute atomic E-state index is 0.129. The number of nitrogens with zero attached hydrogens (tertiary/aromatic N) is 2. The lowest BCUT2D eigenvalue weighted by Crippen LogP contribution is -2.53. The molecule has 3 aromatic rings. The molecule has 1 N–H and O–H groups in total. The van der Waals surface area contributed by atoms with Gasteiger partial charge in [0.15, 0.2) is 5.78 Å². The molecule has 3 rings (SSSR count). The Hall–Kier alpha value is -4.05. The molecule has 212 valence electrons. The van der Waals surface area contributed by atoms with Crippen molar-refractivity contribution in [3.8, 4) is 0 Å². The van der Waals surface area contributed by atoms with Gasteiger partial charge < -0.3 is 10.2 Å². The lowest BCUT2D eigenvalue weighted by atomic mass is 10.0. The average molecular weight is 568 g/mol. The van der Waals surface area contributed by atoms with Crippen LogP contribution in [-0.4, -0.2) is 56.3 Å². The molecule has 2 amide bonds. The smallest absolute Gasteiger partial charge is 0.244 e. The topological polar surface area (TPSA) is 104 Å². The lowest BCUT2D eigenvalue weighted by molar-refractivity contribution is -0.140. The maximum absolute atomic E-state index is 14.8. The molecule has 40 heavy (non-hydrogen) atoms. The number of benzene rings is 3. The summed E-state index contributed by atoms with van der Waals surface area (Å²) in [6, 6.07) is 19.9. The molecule has 0 fully saturated rings. The van der Waals surface area contributed by atoms with E-state index in [0.29, 0.717) is 13.0 Å². The van der Waals surface area contributed by atoms with Gasteiger partial charge in [-0.3, -0.25) is 18.7 Å². The number of hydrogen-bond acceptors (Lipinski definition) is 5. The number of ketones is 1. The SMILES string of the molecule is CCCNC(=O)[C@@H](Cc1ccccc1)N(Cc1ccccc1F)C(=O)CN(c1cccc(C(C)=O)c1)S(C)(=O)=O. The molecule has 10 heteroatoms. The molecule has 0 radical (unpaired) electrons. The van der Waals surface area contributed by atoms with Gasteiger partial charge in [0.05, 0.1) is 11.9 Å². The minimum atomic E-state index is -3.99. The Labute approximate surface area is 234 Å². The van der Waals surface area contributed by atoms with Gasteiger partial charge in [-0.1, -0.05) is 67.6 Å². The van der Waals surface area contributed by atoms with Crippen LogP contribution in [-0.2, 0) is 32.6 Å². The number of halogens is 1. The highest BCUT2D eigenvalue weighted by Gasteiger charge is 2.33. The largest absolute Gasteiger partial charge is 0.354 e. The van der Waals surface area contributed by atoms with E-state index in [1.54, 1.807) is 12.1 Å². The normalized spacial score (nSPS) is 11.9. The van der Waals surface area contributed by atoms with Crippen LogP contribution in [0.3, 0.4) is 0 Å². The Bertz CT molecular complexity index is 1450. The summed E-state index contributed by atoms with van der Waals surface area (Å²) in [5.74, 6) is -1.95. The zero-order chi connectivity index (χ0) is 29.3. The molecular formula is C30H34FN3O5S.